The molecule has 1 aromatic rings. The average Bonchev–Trinajstić information content (AvgIpc) is 2.38. The molecular formula is C13H18ClNO3. The van der Waals surface area contributed by atoms with Gasteiger partial charge in [-0.05, 0) is 12.1 Å². The van der Waals surface area contributed by atoms with Crippen molar-refractivity contribution in [3.05, 3.63) is 30.3 Å². The predicted octanol–water partition coefficient (Wildman–Crippen LogP) is 1.83. The number of ether oxygens (including phenoxy) is 2. The minimum Gasteiger partial charge on any atom is -0.493 e. The Balaban J connectivity index is 2.10. The summed E-state index contributed by atoms with van der Waals surface area (Å²) in [6.07, 6.45) is 0.311. The quantitative estimate of drug-likeness (QED) is 0.734. The van der Waals surface area contributed by atoms with E-state index in [4.69, 9.17) is 21.1 Å². The Morgan fingerprint density at radius 1 is 1.39 bits per heavy atom. The molecule has 0 saturated heterocycles. The zero-order chi connectivity index (χ0) is 13.2. The van der Waals surface area contributed by atoms with Crippen LogP contribution in [0.5, 0.6) is 5.75 Å². The standard InChI is InChI=1S/C13H18ClNO3/c1-17-10-11(14)9-15-13(16)7-8-18-12-5-3-2-4-6-12/h2-6,11H,7-10H2,1H3,(H,15,16). The van der Waals surface area contributed by atoms with Gasteiger partial charge in [0.05, 0.1) is 25.0 Å². The van der Waals surface area contributed by atoms with Gasteiger partial charge in [0.2, 0.25) is 5.91 Å². The van der Waals surface area contributed by atoms with Crippen LogP contribution in [-0.2, 0) is 9.53 Å². The molecule has 0 radical (unpaired) electrons. The maximum Gasteiger partial charge on any atom is 0.223 e. The number of para-hydroxylation sites is 1. The molecular weight excluding hydrogens is 254 g/mol. The third-order valence-corrected chi connectivity index (χ3v) is 2.49. The fourth-order valence-corrected chi connectivity index (χ4v) is 1.53. The molecule has 0 aromatic heterocycles. The second kappa shape index (κ2) is 8.78. The molecule has 0 aliphatic rings. The number of nitrogens with one attached hydrogen (secondary N) is 1. The minimum atomic E-state index is -0.200. The summed E-state index contributed by atoms with van der Waals surface area (Å²) in [6, 6.07) is 9.39. The van der Waals surface area contributed by atoms with Gasteiger partial charge in [0, 0.05) is 13.7 Å². The van der Waals surface area contributed by atoms with Crippen LogP contribution in [0.1, 0.15) is 6.42 Å². The second-order valence-electron chi connectivity index (χ2n) is 3.77. The molecule has 1 rings (SSSR count). The summed E-state index contributed by atoms with van der Waals surface area (Å²) in [7, 11) is 1.57. The molecule has 4 nitrogen and oxygen atoms in total. The zero-order valence-electron chi connectivity index (χ0n) is 10.4. The predicted molar refractivity (Wildman–Crippen MR) is 71.1 cm³/mol. The smallest absolute Gasteiger partial charge is 0.223 e. The van der Waals surface area contributed by atoms with E-state index in [0.29, 0.717) is 26.2 Å². The van der Waals surface area contributed by atoms with E-state index in [1.54, 1.807) is 7.11 Å². The zero-order valence-corrected chi connectivity index (χ0v) is 11.2. The first-order valence-corrected chi connectivity index (χ1v) is 6.23. The van der Waals surface area contributed by atoms with E-state index in [1.165, 1.54) is 0 Å². The lowest BCUT2D eigenvalue weighted by molar-refractivity contribution is -0.121. The molecule has 1 unspecified atom stereocenters. The van der Waals surface area contributed by atoms with Gasteiger partial charge in [-0.15, -0.1) is 11.6 Å². The van der Waals surface area contributed by atoms with Gasteiger partial charge in [0.1, 0.15) is 5.75 Å². The van der Waals surface area contributed by atoms with Gasteiger partial charge in [-0.3, -0.25) is 4.79 Å². The van der Waals surface area contributed by atoms with Crippen molar-refractivity contribution < 1.29 is 14.3 Å². The SMILES string of the molecule is COCC(Cl)CNC(=O)CCOc1ccccc1. The van der Waals surface area contributed by atoms with Gasteiger partial charge < -0.3 is 14.8 Å². The summed E-state index contributed by atoms with van der Waals surface area (Å²) in [6.45, 7) is 1.18. The van der Waals surface area contributed by atoms with Crippen LogP contribution in [0.4, 0.5) is 0 Å². The second-order valence-corrected chi connectivity index (χ2v) is 4.39. The largest absolute Gasteiger partial charge is 0.493 e. The monoisotopic (exact) mass is 271 g/mol. The first-order valence-electron chi connectivity index (χ1n) is 5.80. The summed E-state index contributed by atoms with van der Waals surface area (Å²) >= 11 is 5.88. The van der Waals surface area contributed by atoms with Gasteiger partial charge in [0.15, 0.2) is 0 Å². The highest BCUT2D eigenvalue weighted by atomic mass is 35.5. The van der Waals surface area contributed by atoms with Gasteiger partial charge in [-0.25, -0.2) is 0 Å². The van der Waals surface area contributed by atoms with Crippen molar-refractivity contribution in [3.63, 3.8) is 0 Å². The normalized spacial score (nSPS) is 11.9. The lowest BCUT2D eigenvalue weighted by Gasteiger charge is -2.10. The summed E-state index contributed by atoms with van der Waals surface area (Å²) in [4.78, 5) is 11.5. The Bertz CT molecular complexity index is 345. The Morgan fingerprint density at radius 2 is 2.11 bits per heavy atom. The highest BCUT2D eigenvalue weighted by molar-refractivity contribution is 6.21. The number of amides is 1. The Labute approximate surface area is 112 Å². The topological polar surface area (TPSA) is 47.6 Å². The number of methoxy groups -OCH3 is 1. The van der Waals surface area contributed by atoms with Gasteiger partial charge >= 0.3 is 0 Å². The molecule has 0 fully saturated rings. The van der Waals surface area contributed by atoms with Crippen LogP contribution in [0.15, 0.2) is 30.3 Å². The number of hydrogen-bond acceptors (Lipinski definition) is 3. The van der Waals surface area contributed by atoms with E-state index in [9.17, 15) is 4.79 Å². The first-order chi connectivity index (χ1) is 8.72. The summed E-state index contributed by atoms with van der Waals surface area (Å²) in [5.41, 5.74) is 0. The molecule has 1 atom stereocenters. The van der Waals surface area contributed by atoms with Crippen molar-refractivity contribution in [2.45, 2.75) is 11.8 Å². The summed E-state index contributed by atoms with van der Waals surface area (Å²) in [5, 5.41) is 2.52. The van der Waals surface area contributed by atoms with Crippen LogP contribution in [-0.4, -0.2) is 38.2 Å². The minimum absolute atomic E-state index is 0.0762. The third-order valence-electron chi connectivity index (χ3n) is 2.21. The number of hydrogen-bond donors (Lipinski definition) is 1. The lowest BCUT2D eigenvalue weighted by atomic mass is 10.3. The number of rotatable bonds is 8. The lowest BCUT2D eigenvalue weighted by Crippen LogP contribution is -2.32. The van der Waals surface area contributed by atoms with Crippen molar-refractivity contribution in [3.8, 4) is 5.75 Å². The molecule has 1 amide bonds. The highest BCUT2D eigenvalue weighted by Gasteiger charge is 2.07. The number of benzene rings is 1. The Hall–Kier alpha value is -1.26. The van der Waals surface area contributed by atoms with Crippen LogP contribution in [0.2, 0.25) is 0 Å². The van der Waals surface area contributed by atoms with E-state index in [0.717, 1.165) is 5.75 Å². The van der Waals surface area contributed by atoms with Crippen LogP contribution in [0.25, 0.3) is 0 Å². The van der Waals surface area contributed by atoms with Crippen LogP contribution in [0.3, 0.4) is 0 Å². The molecule has 100 valence electrons. The first kappa shape index (κ1) is 14.8. The average molecular weight is 272 g/mol. The Kier molecular flexibility index (Phi) is 7.22. The van der Waals surface area contributed by atoms with Crippen molar-refractivity contribution in [1.82, 2.24) is 5.32 Å². The van der Waals surface area contributed by atoms with Crippen molar-refractivity contribution >= 4 is 17.5 Å². The number of carbonyl (C=O) groups excluding carboxylic acids is 1. The molecule has 5 heteroatoms. The number of halogens is 1. The molecule has 0 bridgehead atoms. The molecule has 0 aliphatic carbocycles. The fourth-order valence-electron chi connectivity index (χ4n) is 1.33. The van der Waals surface area contributed by atoms with Crippen LogP contribution >= 0.6 is 11.6 Å². The van der Waals surface area contributed by atoms with E-state index >= 15 is 0 Å². The highest BCUT2D eigenvalue weighted by Crippen LogP contribution is 2.08. The molecule has 1 aromatic carbocycles. The van der Waals surface area contributed by atoms with E-state index < -0.39 is 0 Å². The molecule has 1 N–H and O–H groups in total. The number of alkyl halides is 1. The van der Waals surface area contributed by atoms with Gasteiger partial charge in [-0.1, -0.05) is 18.2 Å². The maximum atomic E-state index is 11.5. The summed E-state index contributed by atoms with van der Waals surface area (Å²) in [5.74, 6) is 0.688. The van der Waals surface area contributed by atoms with Gasteiger partial charge in [-0.2, -0.15) is 0 Å². The Morgan fingerprint density at radius 3 is 2.78 bits per heavy atom. The van der Waals surface area contributed by atoms with Crippen LogP contribution in [0, 0.1) is 0 Å². The van der Waals surface area contributed by atoms with Crippen LogP contribution < -0.4 is 10.1 Å². The molecule has 0 heterocycles. The molecule has 0 spiro atoms. The molecule has 18 heavy (non-hydrogen) atoms. The number of carbonyl (C=O) groups is 1. The summed E-state index contributed by atoms with van der Waals surface area (Å²) < 4.78 is 10.3. The van der Waals surface area contributed by atoms with E-state index in [2.05, 4.69) is 5.32 Å². The third kappa shape index (κ3) is 6.47. The molecule has 0 saturated carbocycles. The van der Waals surface area contributed by atoms with Crippen molar-refractivity contribution in [2.24, 2.45) is 0 Å². The van der Waals surface area contributed by atoms with E-state index in [-0.39, 0.29) is 11.3 Å². The maximum absolute atomic E-state index is 11.5. The van der Waals surface area contributed by atoms with Crippen molar-refractivity contribution in [2.75, 3.05) is 26.9 Å². The molecule has 0 aliphatic heterocycles. The van der Waals surface area contributed by atoms with E-state index in [1.807, 2.05) is 30.3 Å². The fraction of sp³-hybridized carbons (Fsp3) is 0.462. The van der Waals surface area contributed by atoms with Gasteiger partial charge in [0.25, 0.3) is 0 Å². The van der Waals surface area contributed by atoms with Crippen molar-refractivity contribution in [1.29, 1.82) is 0 Å².